The van der Waals surface area contributed by atoms with E-state index in [-0.39, 0.29) is 6.61 Å². The fourth-order valence-corrected chi connectivity index (χ4v) is 4.88. The fraction of sp³-hybridized carbons (Fsp3) is 0.297. The first-order valence-electron chi connectivity index (χ1n) is 14.4. The van der Waals surface area contributed by atoms with Crippen LogP contribution < -0.4 is 9.47 Å². The highest BCUT2D eigenvalue weighted by molar-refractivity contribution is 5.83. The van der Waals surface area contributed by atoms with Crippen LogP contribution in [0.4, 0.5) is 0 Å². The van der Waals surface area contributed by atoms with Gasteiger partial charge in [-0.15, -0.1) is 0 Å². The van der Waals surface area contributed by atoms with Gasteiger partial charge in [0, 0.05) is 0 Å². The highest BCUT2D eigenvalue weighted by Gasteiger charge is 2.38. The summed E-state index contributed by atoms with van der Waals surface area (Å²) in [5.41, 5.74) is 4.08. The van der Waals surface area contributed by atoms with Gasteiger partial charge in [-0.3, -0.25) is 9.59 Å². The van der Waals surface area contributed by atoms with Crippen LogP contribution in [0.3, 0.4) is 0 Å². The minimum absolute atomic E-state index is 0.0890. The quantitative estimate of drug-likeness (QED) is 0.162. The SMILES string of the molecule is COc1ccc(COC(=O)[C@H](Cc2ccccc2)[C@H](Cc2ccc(-c3ccc(OC)cc3)cc2)C(=O)OC(C)(C)C)cc1. The smallest absolute Gasteiger partial charge is 0.310 e. The van der Waals surface area contributed by atoms with E-state index in [4.69, 9.17) is 18.9 Å². The van der Waals surface area contributed by atoms with E-state index in [0.717, 1.165) is 39.3 Å². The molecule has 0 spiro atoms. The van der Waals surface area contributed by atoms with Crippen LogP contribution in [0.5, 0.6) is 11.5 Å². The zero-order valence-corrected chi connectivity index (χ0v) is 25.5. The molecule has 43 heavy (non-hydrogen) atoms. The fourth-order valence-electron chi connectivity index (χ4n) is 4.88. The lowest BCUT2D eigenvalue weighted by molar-refractivity contribution is -0.168. The standard InChI is InChI=1S/C37H40O6/c1-37(2,3)43-36(39)34(24-27-11-15-29(16-12-27)30-17-21-32(41-5)22-18-30)33(23-26-9-7-6-8-10-26)35(38)42-25-28-13-19-31(40-4)20-14-28/h6-22,33-34H,23-25H2,1-5H3/t33-,34+/m1/s1. The predicted molar refractivity (Wildman–Crippen MR) is 168 cm³/mol. The van der Waals surface area contributed by atoms with Gasteiger partial charge in [0.25, 0.3) is 0 Å². The van der Waals surface area contributed by atoms with Gasteiger partial charge in [-0.1, -0.05) is 78.9 Å². The van der Waals surface area contributed by atoms with Crippen molar-refractivity contribution in [3.05, 3.63) is 120 Å². The molecule has 0 aliphatic carbocycles. The zero-order chi connectivity index (χ0) is 30.8. The van der Waals surface area contributed by atoms with Crippen LogP contribution in [0.2, 0.25) is 0 Å². The Morgan fingerprint density at radius 1 is 0.581 bits per heavy atom. The van der Waals surface area contributed by atoms with Crippen molar-refractivity contribution >= 4 is 11.9 Å². The van der Waals surface area contributed by atoms with Crippen LogP contribution in [-0.2, 0) is 38.5 Å². The van der Waals surface area contributed by atoms with E-state index in [1.165, 1.54) is 0 Å². The van der Waals surface area contributed by atoms with Crippen LogP contribution in [0, 0.1) is 11.8 Å². The van der Waals surface area contributed by atoms with Gasteiger partial charge < -0.3 is 18.9 Å². The van der Waals surface area contributed by atoms with E-state index >= 15 is 0 Å². The van der Waals surface area contributed by atoms with Crippen molar-refractivity contribution in [2.45, 2.75) is 45.8 Å². The molecule has 6 heteroatoms. The Balaban J connectivity index is 1.61. The first-order chi connectivity index (χ1) is 20.6. The van der Waals surface area contributed by atoms with Crippen molar-refractivity contribution in [3.63, 3.8) is 0 Å². The summed E-state index contributed by atoms with van der Waals surface area (Å²) in [7, 11) is 3.25. The van der Waals surface area contributed by atoms with E-state index in [1.54, 1.807) is 14.2 Å². The molecule has 224 valence electrons. The second-order valence-electron chi connectivity index (χ2n) is 11.5. The molecule has 6 nitrogen and oxygen atoms in total. The van der Waals surface area contributed by atoms with Gasteiger partial charge in [0.05, 0.1) is 26.1 Å². The maximum absolute atomic E-state index is 13.8. The molecule has 4 aromatic rings. The molecule has 2 atom stereocenters. The van der Waals surface area contributed by atoms with E-state index < -0.39 is 29.4 Å². The molecule has 4 rings (SSSR count). The number of methoxy groups -OCH3 is 2. The number of carbonyl (C=O) groups excluding carboxylic acids is 2. The Bertz CT molecular complexity index is 1450. The van der Waals surface area contributed by atoms with Crippen LogP contribution in [-0.4, -0.2) is 31.8 Å². The molecule has 0 aromatic heterocycles. The van der Waals surface area contributed by atoms with E-state index in [2.05, 4.69) is 0 Å². The highest BCUT2D eigenvalue weighted by Crippen LogP contribution is 2.29. The first-order valence-corrected chi connectivity index (χ1v) is 14.4. The number of esters is 2. The Morgan fingerprint density at radius 2 is 1.02 bits per heavy atom. The normalized spacial score (nSPS) is 12.6. The third-order valence-corrected chi connectivity index (χ3v) is 7.17. The zero-order valence-electron chi connectivity index (χ0n) is 25.5. The van der Waals surface area contributed by atoms with Crippen molar-refractivity contribution in [2.75, 3.05) is 14.2 Å². The Morgan fingerprint density at radius 3 is 1.53 bits per heavy atom. The van der Waals surface area contributed by atoms with Crippen molar-refractivity contribution in [3.8, 4) is 22.6 Å². The van der Waals surface area contributed by atoms with Crippen molar-refractivity contribution in [1.29, 1.82) is 0 Å². The maximum atomic E-state index is 13.8. The molecule has 0 unspecified atom stereocenters. The topological polar surface area (TPSA) is 71.1 Å². The monoisotopic (exact) mass is 580 g/mol. The lowest BCUT2D eigenvalue weighted by Gasteiger charge is -2.28. The lowest BCUT2D eigenvalue weighted by atomic mass is 9.82. The van der Waals surface area contributed by atoms with Gasteiger partial charge in [-0.05, 0) is 85.7 Å². The number of ether oxygens (including phenoxy) is 4. The van der Waals surface area contributed by atoms with Crippen molar-refractivity contribution in [2.24, 2.45) is 11.8 Å². The predicted octanol–water partition coefficient (Wildman–Crippen LogP) is 7.47. The Hall–Kier alpha value is -4.58. The minimum Gasteiger partial charge on any atom is -0.497 e. The summed E-state index contributed by atoms with van der Waals surface area (Å²) in [6.07, 6.45) is 0.670. The van der Waals surface area contributed by atoms with Crippen LogP contribution in [0.1, 0.15) is 37.5 Å². The summed E-state index contributed by atoms with van der Waals surface area (Å²) < 4.78 is 22.2. The molecular weight excluding hydrogens is 540 g/mol. The molecule has 0 aliphatic rings. The summed E-state index contributed by atoms with van der Waals surface area (Å²) in [6.45, 7) is 5.59. The third-order valence-electron chi connectivity index (χ3n) is 7.17. The Kier molecular flexibility index (Phi) is 10.6. The first kappa shape index (κ1) is 31.4. The maximum Gasteiger partial charge on any atom is 0.310 e. The van der Waals surface area contributed by atoms with E-state index in [0.29, 0.717) is 12.8 Å². The summed E-state index contributed by atoms with van der Waals surface area (Å²) in [5.74, 6) is -0.852. The van der Waals surface area contributed by atoms with Crippen molar-refractivity contribution in [1.82, 2.24) is 0 Å². The van der Waals surface area contributed by atoms with E-state index in [1.807, 2.05) is 124 Å². The molecule has 0 saturated carbocycles. The summed E-state index contributed by atoms with van der Waals surface area (Å²) in [6, 6.07) is 33.0. The molecular formula is C37H40O6. The van der Waals surface area contributed by atoms with Crippen molar-refractivity contribution < 1.29 is 28.5 Å². The lowest BCUT2D eigenvalue weighted by Crippen LogP contribution is -2.38. The van der Waals surface area contributed by atoms with Gasteiger partial charge in [0.2, 0.25) is 0 Å². The molecule has 0 radical (unpaired) electrons. The highest BCUT2D eigenvalue weighted by atomic mass is 16.6. The molecule has 0 heterocycles. The van der Waals surface area contributed by atoms with Gasteiger partial charge in [-0.25, -0.2) is 0 Å². The number of hydrogen-bond donors (Lipinski definition) is 0. The van der Waals surface area contributed by atoms with Crippen LogP contribution >= 0.6 is 0 Å². The molecule has 0 fully saturated rings. The second-order valence-corrected chi connectivity index (χ2v) is 11.5. The summed E-state index contributed by atoms with van der Waals surface area (Å²) >= 11 is 0. The average molecular weight is 581 g/mol. The summed E-state index contributed by atoms with van der Waals surface area (Å²) in [5, 5.41) is 0. The molecule has 0 amide bonds. The van der Waals surface area contributed by atoms with Crippen LogP contribution in [0.25, 0.3) is 11.1 Å². The van der Waals surface area contributed by atoms with Gasteiger partial charge in [-0.2, -0.15) is 0 Å². The summed E-state index contributed by atoms with van der Waals surface area (Å²) in [4.78, 5) is 27.5. The minimum atomic E-state index is -0.755. The number of hydrogen-bond acceptors (Lipinski definition) is 6. The van der Waals surface area contributed by atoms with Gasteiger partial charge >= 0.3 is 11.9 Å². The third kappa shape index (κ3) is 9.20. The number of benzene rings is 4. The number of rotatable bonds is 12. The largest absolute Gasteiger partial charge is 0.497 e. The van der Waals surface area contributed by atoms with Gasteiger partial charge in [0.1, 0.15) is 23.7 Å². The average Bonchev–Trinajstić information content (AvgIpc) is 3.02. The molecule has 0 N–H and O–H groups in total. The van der Waals surface area contributed by atoms with Gasteiger partial charge in [0.15, 0.2) is 0 Å². The second kappa shape index (κ2) is 14.5. The number of carbonyl (C=O) groups is 2. The molecule has 4 aromatic carbocycles. The Labute approximate surface area is 254 Å². The molecule has 0 saturated heterocycles. The molecule has 0 bridgehead atoms. The van der Waals surface area contributed by atoms with Crippen LogP contribution in [0.15, 0.2) is 103 Å². The molecule has 0 aliphatic heterocycles. The van der Waals surface area contributed by atoms with E-state index in [9.17, 15) is 9.59 Å².